The number of aldehydes is 1. The molecule has 0 spiro atoms. The molecule has 1 unspecified atom stereocenters. The molecule has 3 rings (SSSR count). The predicted molar refractivity (Wildman–Crippen MR) is 111 cm³/mol. The van der Waals surface area contributed by atoms with Gasteiger partial charge in [-0.1, -0.05) is 40.2 Å². The highest BCUT2D eigenvalue weighted by atomic mass is 79.9. The number of nitrogens with zero attached hydrogens (tertiary/aromatic N) is 1. The van der Waals surface area contributed by atoms with E-state index in [1.54, 1.807) is 12.1 Å². The Labute approximate surface area is 176 Å². The second-order valence-electron chi connectivity index (χ2n) is 6.82. The average molecular weight is 461 g/mol. The highest BCUT2D eigenvalue weighted by molar-refractivity contribution is 9.08. The van der Waals surface area contributed by atoms with Gasteiger partial charge in [0, 0.05) is 22.9 Å². The van der Waals surface area contributed by atoms with Crippen molar-refractivity contribution in [2.24, 2.45) is 0 Å². The quantitative estimate of drug-likeness (QED) is 0.337. The zero-order valence-electron chi connectivity index (χ0n) is 15.6. The number of fused-ring (bicyclic) bond motifs is 1. The summed E-state index contributed by atoms with van der Waals surface area (Å²) in [7, 11) is 0. The molecule has 0 aliphatic carbocycles. The molecule has 1 atom stereocenters. The SMILES string of the molecule is Nc1ccc2c(c1OCc1ccc(CBr)cc1)CN(C(C=O)CCC(=O)O)C2=O. The van der Waals surface area contributed by atoms with Crippen molar-refractivity contribution in [2.45, 2.75) is 37.4 Å². The summed E-state index contributed by atoms with van der Waals surface area (Å²) < 4.78 is 5.95. The van der Waals surface area contributed by atoms with Crippen LogP contribution in [0, 0.1) is 0 Å². The summed E-state index contributed by atoms with van der Waals surface area (Å²) >= 11 is 3.41. The maximum Gasteiger partial charge on any atom is 0.303 e. The Morgan fingerprint density at radius 2 is 1.93 bits per heavy atom. The van der Waals surface area contributed by atoms with Gasteiger partial charge < -0.3 is 25.3 Å². The van der Waals surface area contributed by atoms with Crippen LogP contribution >= 0.6 is 15.9 Å². The number of aliphatic carboxylic acids is 1. The van der Waals surface area contributed by atoms with Crippen LogP contribution in [0.15, 0.2) is 36.4 Å². The number of alkyl halides is 1. The van der Waals surface area contributed by atoms with Gasteiger partial charge >= 0.3 is 5.97 Å². The summed E-state index contributed by atoms with van der Waals surface area (Å²) in [4.78, 5) is 36.4. The van der Waals surface area contributed by atoms with Crippen LogP contribution in [0.5, 0.6) is 5.75 Å². The number of nitrogen functional groups attached to an aromatic ring is 1. The van der Waals surface area contributed by atoms with Crippen LogP contribution < -0.4 is 10.5 Å². The van der Waals surface area contributed by atoms with Gasteiger partial charge in [-0.2, -0.15) is 0 Å². The fourth-order valence-electron chi connectivity index (χ4n) is 3.29. The Hall–Kier alpha value is -2.87. The van der Waals surface area contributed by atoms with Crippen molar-refractivity contribution < 1.29 is 24.2 Å². The van der Waals surface area contributed by atoms with Gasteiger partial charge in [0.2, 0.25) is 0 Å². The first-order chi connectivity index (χ1) is 13.9. The Morgan fingerprint density at radius 1 is 1.24 bits per heavy atom. The number of hydrogen-bond donors (Lipinski definition) is 2. The molecule has 0 saturated carbocycles. The second kappa shape index (κ2) is 9.09. The van der Waals surface area contributed by atoms with E-state index in [2.05, 4.69) is 15.9 Å². The van der Waals surface area contributed by atoms with Gasteiger partial charge in [-0.3, -0.25) is 9.59 Å². The van der Waals surface area contributed by atoms with E-state index in [-0.39, 0.29) is 31.9 Å². The fourth-order valence-corrected chi connectivity index (χ4v) is 3.66. The van der Waals surface area contributed by atoms with Crippen molar-refractivity contribution in [3.63, 3.8) is 0 Å². The molecule has 29 heavy (non-hydrogen) atoms. The molecule has 2 aromatic rings. The van der Waals surface area contributed by atoms with Crippen molar-refractivity contribution in [3.8, 4) is 5.75 Å². The number of carbonyl (C=O) groups is 3. The first-order valence-corrected chi connectivity index (χ1v) is 10.2. The lowest BCUT2D eigenvalue weighted by atomic mass is 10.1. The van der Waals surface area contributed by atoms with Crippen molar-refractivity contribution in [3.05, 3.63) is 58.7 Å². The van der Waals surface area contributed by atoms with Crippen LogP contribution in [-0.4, -0.2) is 34.2 Å². The number of nitrogens with two attached hydrogens (primary N) is 1. The van der Waals surface area contributed by atoms with Crippen LogP contribution in [0.4, 0.5) is 5.69 Å². The standard InChI is InChI=1S/C21H21BrN2O5/c22-9-13-1-3-14(4-2-13)12-29-20-17-10-24(15(11-25)5-8-19(26)27)21(28)16(17)6-7-18(20)23/h1-4,6-7,11,15H,5,8-10,12,23H2,(H,26,27). The molecule has 0 radical (unpaired) electrons. The molecule has 2 aromatic carbocycles. The Bertz CT molecular complexity index is 929. The molecular formula is C21H21BrN2O5. The minimum Gasteiger partial charge on any atom is -0.486 e. The molecule has 0 bridgehead atoms. The monoisotopic (exact) mass is 460 g/mol. The summed E-state index contributed by atoms with van der Waals surface area (Å²) in [6.45, 7) is 0.438. The Morgan fingerprint density at radius 3 is 2.55 bits per heavy atom. The van der Waals surface area contributed by atoms with E-state index in [1.807, 2.05) is 24.3 Å². The van der Waals surface area contributed by atoms with Gasteiger partial charge in [0.05, 0.1) is 18.3 Å². The number of carboxylic acid groups (broad SMARTS) is 1. The minimum atomic E-state index is -1.01. The first kappa shape index (κ1) is 20.9. The van der Waals surface area contributed by atoms with Gasteiger partial charge in [-0.05, 0) is 29.7 Å². The highest BCUT2D eigenvalue weighted by Crippen LogP contribution is 2.37. The first-order valence-electron chi connectivity index (χ1n) is 9.10. The summed E-state index contributed by atoms with van der Waals surface area (Å²) in [6.07, 6.45) is 0.478. The molecule has 7 nitrogen and oxygen atoms in total. The molecule has 1 aliphatic rings. The van der Waals surface area contributed by atoms with Crippen molar-refractivity contribution in [1.82, 2.24) is 4.90 Å². The van der Waals surface area contributed by atoms with E-state index in [9.17, 15) is 14.4 Å². The molecule has 1 aliphatic heterocycles. The maximum atomic E-state index is 12.8. The van der Waals surface area contributed by atoms with Crippen LogP contribution in [-0.2, 0) is 28.1 Å². The number of benzene rings is 2. The summed E-state index contributed by atoms with van der Waals surface area (Å²) in [5, 5.41) is 9.64. The van der Waals surface area contributed by atoms with E-state index >= 15 is 0 Å². The third-order valence-corrected chi connectivity index (χ3v) is 5.53. The average Bonchev–Trinajstić information content (AvgIpc) is 3.04. The smallest absolute Gasteiger partial charge is 0.303 e. The number of carbonyl (C=O) groups excluding carboxylic acids is 2. The summed E-state index contributed by atoms with van der Waals surface area (Å²) in [5.41, 5.74) is 9.65. The van der Waals surface area contributed by atoms with E-state index in [4.69, 9.17) is 15.6 Å². The van der Waals surface area contributed by atoms with Gasteiger partial charge in [-0.25, -0.2) is 0 Å². The number of ether oxygens (including phenoxy) is 1. The number of carboxylic acids is 1. The molecule has 8 heteroatoms. The largest absolute Gasteiger partial charge is 0.486 e. The van der Waals surface area contributed by atoms with E-state index in [0.717, 1.165) is 16.5 Å². The third kappa shape index (κ3) is 4.59. The van der Waals surface area contributed by atoms with Crippen LogP contribution in [0.3, 0.4) is 0 Å². The van der Waals surface area contributed by atoms with Gasteiger partial charge in [0.1, 0.15) is 18.6 Å². The zero-order valence-corrected chi connectivity index (χ0v) is 17.2. The van der Waals surface area contributed by atoms with Crippen molar-refractivity contribution in [1.29, 1.82) is 0 Å². The number of rotatable bonds is 9. The summed E-state index contributed by atoms with van der Waals surface area (Å²) in [6, 6.07) is 10.3. The van der Waals surface area contributed by atoms with Gasteiger partial charge in [0.15, 0.2) is 0 Å². The molecule has 0 saturated heterocycles. The molecule has 1 heterocycles. The molecule has 0 aromatic heterocycles. The lowest BCUT2D eigenvalue weighted by molar-refractivity contribution is -0.137. The number of hydrogen-bond acceptors (Lipinski definition) is 5. The molecule has 152 valence electrons. The number of amides is 1. The third-order valence-electron chi connectivity index (χ3n) is 4.88. The van der Waals surface area contributed by atoms with E-state index in [0.29, 0.717) is 28.8 Å². The van der Waals surface area contributed by atoms with Crippen molar-refractivity contribution in [2.75, 3.05) is 5.73 Å². The van der Waals surface area contributed by atoms with Gasteiger partial charge in [-0.15, -0.1) is 0 Å². The lowest BCUT2D eigenvalue weighted by Crippen LogP contribution is -2.37. The van der Waals surface area contributed by atoms with Crippen LogP contribution in [0.2, 0.25) is 0 Å². The number of halogens is 1. The Balaban J connectivity index is 1.79. The van der Waals surface area contributed by atoms with Crippen LogP contribution in [0.25, 0.3) is 0 Å². The van der Waals surface area contributed by atoms with Gasteiger partial charge in [0.25, 0.3) is 5.91 Å². The molecule has 0 fully saturated rings. The summed E-state index contributed by atoms with van der Waals surface area (Å²) in [5.74, 6) is -0.917. The molecule has 3 N–H and O–H groups in total. The van der Waals surface area contributed by atoms with E-state index in [1.165, 1.54) is 4.90 Å². The molecular weight excluding hydrogens is 440 g/mol. The van der Waals surface area contributed by atoms with Crippen LogP contribution in [0.1, 0.15) is 39.9 Å². The van der Waals surface area contributed by atoms with E-state index < -0.39 is 12.0 Å². The predicted octanol–water partition coefficient (Wildman–Crippen LogP) is 3.13. The highest BCUT2D eigenvalue weighted by Gasteiger charge is 2.35. The Kier molecular flexibility index (Phi) is 6.53. The topological polar surface area (TPSA) is 110 Å². The number of anilines is 1. The maximum absolute atomic E-state index is 12.8. The fraction of sp³-hybridized carbons (Fsp3) is 0.286. The van der Waals surface area contributed by atoms with Crippen molar-refractivity contribution >= 4 is 39.8 Å². The normalized spacial score (nSPS) is 13.8. The lowest BCUT2D eigenvalue weighted by Gasteiger charge is -2.22. The second-order valence-corrected chi connectivity index (χ2v) is 7.38. The molecule has 1 amide bonds. The zero-order chi connectivity index (χ0) is 21.0. The minimum absolute atomic E-state index is 0.0597.